The van der Waals surface area contributed by atoms with Crippen LogP contribution in [0.3, 0.4) is 0 Å². The van der Waals surface area contributed by atoms with Crippen molar-refractivity contribution < 1.29 is 9.47 Å². The van der Waals surface area contributed by atoms with Crippen LogP contribution in [0.5, 0.6) is 11.5 Å². The second-order valence-corrected chi connectivity index (χ2v) is 6.14. The zero-order valence-electron chi connectivity index (χ0n) is 12.4. The van der Waals surface area contributed by atoms with Crippen molar-refractivity contribution in [1.29, 1.82) is 0 Å². The Morgan fingerprint density at radius 3 is 2.30 bits per heavy atom. The fraction of sp³-hybridized carbons (Fsp3) is 0.647. The summed E-state index contributed by atoms with van der Waals surface area (Å²) in [6.45, 7) is 3.45. The molecule has 1 saturated carbocycles. The number of hydrogen-bond donors (Lipinski definition) is 0. The number of benzene rings is 1. The van der Waals surface area contributed by atoms with Gasteiger partial charge >= 0.3 is 0 Å². The molecule has 2 fully saturated rings. The summed E-state index contributed by atoms with van der Waals surface area (Å²) in [6.07, 6.45) is 7.54. The average Bonchev–Trinajstić information content (AvgIpc) is 2.47. The third-order valence-electron chi connectivity index (χ3n) is 4.53. The summed E-state index contributed by atoms with van der Waals surface area (Å²) < 4.78 is 11.1. The first-order chi connectivity index (χ1) is 9.83. The molecule has 0 bridgehead atoms. The standard InChI is InChI=1S/C17H25NO2/c1-19-15-7-9-16(10-8-15)20-17-12-18(13-17)11-14-5-3-2-4-6-14/h7-10,14,17H,2-6,11-13H2,1H3. The Hall–Kier alpha value is -1.22. The van der Waals surface area contributed by atoms with Crippen LogP contribution in [0.2, 0.25) is 0 Å². The van der Waals surface area contributed by atoms with Crippen LogP contribution in [0.1, 0.15) is 32.1 Å². The molecule has 0 N–H and O–H groups in total. The number of hydrogen-bond acceptors (Lipinski definition) is 3. The van der Waals surface area contributed by atoms with E-state index < -0.39 is 0 Å². The Morgan fingerprint density at radius 2 is 1.65 bits per heavy atom. The van der Waals surface area contributed by atoms with Gasteiger partial charge in [-0.3, -0.25) is 4.90 Å². The summed E-state index contributed by atoms with van der Waals surface area (Å²) in [4.78, 5) is 2.55. The van der Waals surface area contributed by atoms with E-state index in [1.54, 1.807) is 7.11 Å². The highest BCUT2D eigenvalue weighted by atomic mass is 16.5. The lowest BCUT2D eigenvalue weighted by Crippen LogP contribution is -2.55. The lowest BCUT2D eigenvalue weighted by atomic mass is 9.88. The fourth-order valence-corrected chi connectivity index (χ4v) is 3.33. The molecule has 3 heteroatoms. The van der Waals surface area contributed by atoms with Gasteiger partial charge < -0.3 is 9.47 Å². The van der Waals surface area contributed by atoms with Crippen LogP contribution in [-0.4, -0.2) is 37.7 Å². The van der Waals surface area contributed by atoms with E-state index in [0.717, 1.165) is 30.5 Å². The fourth-order valence-electron chi connectivity index (χ4n) is 3.33. The first-order valence-electron chi connectivity index (χ1n) is 7.86. The number of ether oxygens (including phenoxy) is 2. The average molecular weight is 275 g/mol. The van der Waals surface area contributed by atoms with Gasteiger partial charge in [0.15, 0.2) is 0 Å². The highest BCUT2D eigenvalue weighted by molar-refractivity contribution is 5.31. The van der Waals surface area contributed by atoms with Crippen LogP contribution in [-0.2, 0) is 0 Å². The van der Waals surface area contributed by atoms with E-state index in [1.807, 2.05) is 24.3 Å². The maximum Gasteiger partial charge on any atom is 0.124 e. The SMILES string of the molecule is COc1ccc(OC2CN(CC3CCCCC3)C2)cc1. The van der Waals surface area contributed by atoms with Crippen LogP contribution in [0.4, 0.5) is 0 Å². The van der Waals surface area contributed by atoms with Gasteiger partial charge in [-0.15, -0.1) is 0 Å². The summed E-state index contributed by atoms with van der Waals surface area (Å²) in [5.41, 5.74) is 0. The Balaban J connectivity index is 1.39. The molecule has 0 aromatic heterocycles. The second kappa shape index (κ2) is 6.49. The van der Waals surface area contributed by atoms with Crippen molar-refractivity contribution in [2.24, 2.45) is 5.92 Å². The van der Waals surface area contributed by atoms with Crippen molar-refractivity contribution in [2.45, 2.75) is 38.2 Å². The maximum atomic E-state index is 5.97. The summed E-state index contributed by atoms with van der Waals surface area (Å²) in [5.74, 6) is 2.77. The van der Waals surface area contributed by atoms with Crippen LogP contribution in [0, 0.1) is 5.92 Å². The van der Waals surface area contributed by atoms with Gasteiger partial charge in [0.2, 0.25) is 0 Å². The molecule has 0 unspecified atom stereocenters. The summed E-state index contributed by atoms with van der Waals surface area (Å²) in [7, 11) is 1.69. The zero-order chi connectivity index (χ0) is 13.8. The van der Waals surface area contributed by atoms with Gasteiger partial charge in [-0.25, -0.2) is 0 Å². The Kier molecular flexibility index (Phi) is 4.46. The maximum absolute atomic E-state index is 5.97. The van der Waals surface area contributed by atoms with Crippen molar-refractivity contribution in [1.82, 2.24) is 4.90 Å². The predicted molar refractivity (Wildman–Crippen MR) is 80.4 cm³/mol. The molecule has 1 aromatic carbocycles. The number of nitrogens with zero attached hydrogens (tertiary/aromatic N) is 1. The van der Waals surface area contributed by atoms with E-state index in [0.29, 0.717) is 6.10 Å². The molecule has 0 spiro atoms. The molecule has 1 aliphatic carbocycles. The van der Waals surface area contributed by atoms with Crippen molar-refractivity contribution in [3.05, 3.63) is 24.3 Å². The molecule has 110 valence electrons. The lowest BCUT2D eigenvalue weighted by molar-refractivity contribution is 0.00666. The molecule has 3 rings (SSSR count). The van der Waals surface area contributed by atoms with E-state index in [4.69, 9.17) is 9.47 Å². The van der Waals surface area contributed by atoms with Crippen molar-refractivity contribution in [3.63, 3.8) is 0 Å². The minimum Gasteiger partial charge on any atom is -0.497 e. The Bertz CT molecular complexity index is 406. The van der Waals surface area contributed by atoms with Crippen molar-refractivity contribution in [3.8, 4) is 11.5 Å². The van der Waals surface area contributed by atoms with Gasteiger partial charge in [0.05, 0.1) is 7.11 Å². The first kappa shape index (κ1) is 13.7. The molecule has 0 atom stereocenters. The molecule has 20 heavy (non-hydrogen) atoms. The lowest BCUT2D eigenvalue weighted by Gasteiger charge is -2.41. The van der Waals surface area contributed by atoms with Crippen molar-refractivity contribution >= 4 is 0 Å². The zero-order valence-corrected chi connectivity index (χ0v) is 12.4. The van der Waals surface area contributed by atoms with E-state index >= 15 is 0 Å². The quantitative estimate of drug-likeness (QED) is 0.822. The molecular formula is C17H25NO2. The minimum atomic E-state index is 0.368. The minimum absolute atomic E-state index is 0.368. The molecular weight excluding hydrogens is 250 g/mol. The van der Waals surface area contributed by atoms with E-state index in [-0.39, 0.29) is 0 Å². The predicted octanol–water partition coefficient (Wildman–Crippen LogP) is 3.34. The summed E-state index contributed by atoms with van der Waals surface area (Å²) in [5, 5.41) is 0. The molecule has 1 heterocycles. The largest absolute Gasteiger partial charge is 0.497 e. The van der Waals surface area contributed by atoms with E-state index in [1.165, 1.54) is 38.6 Å². The topological polar surface area (TPSA) is 21.7 Å². The Labute approximate surface area is 121 Å². The van der Waals surface area contributed by atoms with Crippen LogP contribution >= 0.6 is 0 Å². The summed E-state index contributed by atoms with van der Waals surface area (Å²) in [6, 6.07) is 7.88. The van der Waals surface area contributed by atoms with Gasteiger partial charge in [-0.2, -0.15) is 0 Å². The molecule has 1 aromatic rings. The van der Waals surface area contributed by atoms with Gasteiger partial charge in [0, 0.05) is 19.6 Å². The third-order valence-corrected chi connectivity index (χ3v) is 4.53. The number of methoxy groups -OCH3 is 1. The first-order valence-corrected chi connectivity index (χ1v) is 7.86. The molecule has 1 saturated heterocycles. The smallest absolute Gasteiger partial charge is 0.124 e. The highest BCUT2D eigenvalue weighted by Gasteiger charge is 2.30. The molecule has 1 aliphatic heterocycles. The third kappa shape index (κ3) is 3.45. The van der Waals surface area contributed by atoms with E-state index in [2.05, 4.69) is 4.90 Å². The highest BCUT2D eigenvalue weighted by Crippen LogP contribution is 2.27. The van der Waals surface area contributed by atoms with Gasteiger partial charge in [0.25, 0.3) is 0 Å². The molecule has 2 aliphatic rings. The second-order valence-electron chi connectivity index (χ2n) is 6.14. The van der Waals surface area contributed by atoms with Gasteiger partial charge in [-0.05, 0) is 43.0 Å². The van der Waals surface area contributed by atoms with Gasteiger partial charge in [0.1, 0.15) is 17.6 Å². The molecule has 0 amide bonds. The van der Waals surface area contributed by atoms with E-state index in [9.17, 15) is 0 Å². The number of rotatable bonds is 5. The molecule has 0 radical (unpaired) electrons. The monoisotopic (exact) mass is 275 g/mol. The molecule has 3 nitrogen and oxygen atoms in total. The van der Waals surface area contributed by atoms with Gasteiger partial charge in [-0.1, -0.05) is 19.3 Å². The normalized spacial score (nSPS) is 21.4. The van der Waals surface area contributed by atoms with Crippen molar-refractivity contribution in [2.75, 3.05) is 26.7 Å². The van der Waals surface area contributed by atoms with Crippen LogP contribution in [0.25, 0.3) is 0 Å². The number of likely N-dealkylation sites (tertiary alicyclic amines) is 1. The summed E-state index contributed by atoms with van der Waals surface area (Å²) >= 11 is 0. The Morgan fingerprint density at radius 1 is 1.00 bits per heavy atom. The van der Waals surface area contributed by atoms with Crippen LogP contribution < -0.4 is 9.47 Å². The van der Waals surface area contributed by atoms with Crippen LogP contribution in [0.15, 0.2) is 24.3 Å².